The van der Waals surface area contributed by atoms with Crippen LogP contribution in [0.1, 0.15) is 19.8 Å². The molecule has 0 aromatic rings. The molecule has 0 saturated heterocycles. The summed E-state index contributed by atoms with van der Waals surface area (Å²) in [7, 11) is 0. The smallest absolute Gasteiger partial charge is 0.148 e. The summed E-state index contributed by atoms with van der Waals surface area (Å²) in [5.74, 6) is 0. The first-order chi connectivity index (χ1) is 4.20. The Kier molecular flexibility index (Phi) is 4.26. The Bertz CT molecular complexity index is 82.4. The highest BCUT2D eigenvalue weighted by atomic mass is 16.3. The Hall–Kier alpha value is -0.410. The summed E-state index contributed by atoms with van der Waals surface area (Å²) >= 11 is 0. The topological polar surface area (TPSA) is 57.5 Å². The van der Waals surface area contributed by atoms with Crippen LogP contribution in [-0.2, 0) is 4.79 Å². The summed E-state index contributed by atoms with van der Waals surface area (Å²) in [6.07, 6.45) is -0.394. The summed E-state index contributed by atoms with van der Waals surface area (Å²) in [6.45, 7) is 1.79. The van der Waals surface area contributed by atoms with Crippen LogP contribution in [0.2, 0.25) is 0 Å². The van der Waals surface area contributed by atoms with E-state index in [-0.39, 0.29) is 6.42 Å². The minimum Gasteiger partial charge on any atom is -0.393 e. The maximum Gasteiger partial charge on any atom is 0.148 e. The van der Waals surface area contributed by atoms with Gasteiger partial charge in [0.2, 0.25) is 0 Å². The molecule has 0 rings (SSSR count). The van der Waals surface area contributed by atoms with Crippen molar-refractivity contribution in [1.29, 1.82) is 0 Å². The van der Waals surface area contributed by atoms with Gasteiger partial charge in [0.25, 0.3) is 0 Å². The highest BCUT2D eigenvalue weighted by molar-refractivity contribution is 5.55. The quantitative estimate of drug-likeness (QED) is 0.517. The molecule has 0 aromatic heterocycles. The fourth-order valence-electron chi connectivity index (χ4n) is 0.501. The third-order valence-electron chi connectivity index (χ3n) is 1.14. The molecule has 0 bridgehead atoms. The second-order valence-electron chi connectivity index (χ2n) is 2.00. The highest BCUT2D eigenvalue weighted by Crippen LogP contribution is 1.98. The molecule has 54 valence electrons. The van der Waals surface area contributed by atoms with E-state index in [0.717, 1.165) is 0 Å². The molecule has 0 saturated carbocycles. The van der Waals surface area contributed by atoms with Crippen molar-refractivity contribution in [1.82, 2.24) is 0 Å². The van der Waals surface area contributed by atoms with Crippen LogP contribution in [0, 0.1) is 0 Å². The van der Waals surface area contributed by atoms with Crippen LogP contribution in [0.15, 0.2) is 0 Å². The highest BCUT2D eigenvalue weighted by Gasteiger charge is 2.07. The Morgan fingerprint density at radius 1 is 1.56 bits per heavy atom. The summed E-state index contributed by atoms with van der Waals surface area (Å²) in [5, 5.41) is 17.5. The van der Waals surface area contributed by atoms with Gasteiger partial charge >= 0.3 is 0 Å². The van der Waals surface area contributed by atoms with Gasteiger partial charge in [0.15, 0.2) is 0 Å². The average Bonchev–Trinajstić information content (AvgIpc) is 1.87. The van der Waals surface area contributed by atoms with Gasteiger partial charge in [0.1, 0.15) is 12.4 Å². The summed E-state index contributed by atoms with van der Waals surface area (Å²) in [5.41, 5.74) is 0. The van der Waals surface area contributed by atoms with Gasteiger partial charge in [-0.1, -0.05) is 6.92 Å². The lowest BCUT2D eigenvalue weighted by atomic mass is 10.1. The largest absolute Gasteiger partial charge is 0.393 e. The van der Waals surface area contributed by atoms with Crippen LogP contribution in [-0.4, -0.2) is 28.7 Å². The molecule has 9 heavy (non-hydrogen) atoms. The van der Waals surface area contributed by atoms with Crippen molar-refractivity contribution in [2.45, 2.75) is 32.0 Å². The molecule has 0 aromatic carbocycles. The van der Waals surface area contributed by atoms with Crippen LogP contribution in [0.25, 0.3) is 0 Å². The molecule has 0 heterocycles. The van der Waals surface area contributed by atoms with Crippen LogP contribution in [0.5, 0.6) is 0 Å². The molecule has 0 aliphatic rings. The SMILES string of the molecule is CCC(O)CC(O)C=O. The van der Waals surface area contributed by atoms with Crippen molar-refractivity contribution >= 4 is 6.29 Å². The summed E-state index contributed by atoms with van der Waals surface area (Å²) in [4.78, 5) is 9.80. The fraction of sp³-hybridized carbons (Fsp3) is 0.833. The van der Waals surface area contributed by atoms with E-state index in [0.29, 0.717) is 12.7 Å². The van der Waals surface area contributed by atoms with Crippen LogP contribution in [0.4, 0.5) is 0 Å². The van der Waals surface area contributed by atoms with Gasteiger partial charge in [-0.25, -0.2) is 0 Å². The van der Waals surface area contributed by atoms with Gasteiger partial charge in [0, 0.05) is 6.42 Å². The molecule has 0 amide bonds. The minimum absolute atomic E-state index is 0.153. The maximum atomic E-state index is 9.80. The predicted octanol–water partition coefficient (Wildman–Crippen LogP) is -0.293. The fourth-order valence-corrected chi connectivity index (χ4v) is 0.501. The zero-order chi connectivity index (χ0) is 7.28. The number of rotatable bonds is 4. The van der Waals surface area contributed by atoms with Gasteiger partial charge in [0.05, 0.1) is 6.10 Å². The Labute approximate surface area is 54.3 Å². The number of aliphatic hydroxyl groups is 2. The zero-order valence-electron chi connectivity index (χ0n) is 5.45. The molecule has 0 radical (unpaired) electrons. The third kappa shape index (κ3) is 4.12. The van der Waals surface area contributed by atoms with Gasteiger partial charge < -0.3 is 15.0 Å². The van der Waals surface area contributed by atoms with Gasteiger partial charge in [-0.05, 0) is 6.42 Å². The van der Waals surface area contributed by atoms with Gasteiger partial charge in [-0.2, -0.15) is 0 Å². The van der Waals surface area contributed by atoms with Crippen molar-refractivity contribution in [3.63, 3.8) is 0 Å². The number of carbonyl (C=O) groups excluding carboxylic acids is 1. The molecule has 2 N–H and O–H groups in total. The van der Waals surface area contributed by atoms with E-state index in [9.17, 15) is 4.79 Å². The lowest BCUT2D eigenvalue weighted by molar-refractivity contribution is -0.116. The summed E-state index contributed by atoms with van der Waals surface area (Å²) < 4.78 is 0. The maximum absolute atomic E-state index is 9.80. The molecular formula is C6H12O3. The Morgan fingerprint density at radius 3 is 2.44 bits per heavy atom. The zero-order valence-corrected chi connectivity index (χ0v) is 5.45. The van der Waals surface area contributed by atoms with E-state index in [1.807, 2.05) is 0 Å². The van der Waals surface area contributed by atoms with Gasteiger partial charge in [-0.3, -0.25) is 0 Å². The molecule has 0 aliphatic carbocycles. The monoisotopic (exact) mass is 132 g/mol. The van der Waals surface area contributed by atoms with Crippen molar-refractivity contribution < 1.29 is 15.0 Å². The lowest BCUT2D eigenvalue weighted by Gasteiger charge is -2.07. The molecule has 3 heteroatoms. The normalized spacial score (nSPS) is 16.8. The van der Waals surface area contributed by atoms with Crippen LogP contribution < -0.4 is 0 Å². The number of aliphatic hydroxyl groups excluding tert-OH is 2. The van der Waals surface area contributed by atoms with E-state index >= 15 is 0 Å². The Morgan fingerprint density at radius 2 is 2.11 bits per heavy atom. The Balaban J connectivity index is 3.33. The minimum atomic E-state index is -1.00. The van der Waals surface area contributed by atoms with E-state index in [4.69, 9.17) is 10.2 Å². The van der Waals surface area contributed by atoms with Crippen molar-refractivity contribution in [3.05, 3.63) is 0 Å². The molecule has 0 fully saturated rings. The van der Waals surface area contributed by atoms with Crippen molar-refractivity contribution in [2.24, 2.45) is 0 Å². The van der Waals surface area contributed by atoms with Crippen LogP contribution in [0.3, 0.4) is 0 Å². The second-order valence-corrected chi connectivity index (χ2v) is 2.00. The van der Waals surface area contributed by atoms with E-state index < -0.39 is 12.2 Å². The standard InChI is InChI=1S/C6H12O3/c1-2-5(8)3-6(9)4-7/h4-6,8-9H,2-3H2,1H3. The first kappa shape index (κ1) is 8.59. The average molecular weight is 132 g/mol. The summed E-state index contributed by atoms with van der Waals surface area (Å²) in [6, 6.07) is 0. The molecule has 0 spiro atoms. The third-order valence-corrected chi connectivity index (χ3v) is 1.14. The van der Waals surface area contributed by atoms with Crippen molar-refractivity contribution in [3.8, 4) is 0 Å². The number of carbonyl (C=O) groups is 1. The molecule has 0 aliphatic heterocycles. The lowest BCUT2D eigenvalue weighted by Crippen LogP contribution is -2.17. The van der Waals surface area contributed by atoms with Gasteiger partial charge in [-0.15, -0.1) is 0 Å². The van der Waals surface area contributed by atoms with Crippen molar-refractivity contribution in [2.75, 3.05) is 0 Å². The van der Waals surface area contributed by atoms with E-state index in [1.165, 1.54) is 0 Å². The molecule has 2 unspecified atom stereocenters. The second kappa shape index (κ2) is 4.47. The first-order valence-corrected chi connectivity index (χ1v) is 3.02. The first-order valence-electron chi connectivity index (χ1n) is 3.02. The molecule has 2 atom stereocenters. The van der Waals surface area contributed by atoms with E-state index in [1.54, 1.807) is 6.92 Å². The molecule has 3 nitrogen and oxygen atoms in total. The van der Waals surface area contributed by atoms with Crippen LogP contribution >= 0.6 is 0 Å². The van der Waals surface area contributed by atoms with E-state index in [2.05, 4.69) is 0 Å². The molecular weight excluding hydrogens is 120 g/mol. The number of aldehydes is 1. The number of hydrogen-bond acceptors (Lipinski definition) is 3. The predicted molar refractivity (Wildman–Crippen MR) is 33.0 cm³/mol. The number of hydrogen-bond donors (Lipinski definition) is 2.